The van der Waals surface area contributed by atoms with Crippen molar-refractivity contribution in [3.05, 3.63) is 0 Å². The van der Waals surface area contributed by atoms with Gasteiger partial charge in [-0.2, -0.15) is 0 Å². The van der Waals surface area contributed by atoms with Crippen LogP contribution in [0.15, 0.2) is 0 Å². The highest BCUT2D eigenvalue weighted by Crippen LogP contribution is 2.29. The van der Waals surface area contributed by atoms with Crippen molar-refractivity contribution >= 4 is 5.91 Å². The molecule has 2 N–H and O–H groups in total. The molecule has 2 aliphatic rings. The highest BCUT2D eigenvalue weighted by molar-refractivity contribution is 5.76. The van der Waals surface area contributed by atoms with Gasteiger partial charge in [0.15, 0.2) is 0 Å². The second-order valence-electron chi connectivity index (χ2n) is 5.96. The lowest BCUT2D eigenvalue weighted by Gasteiger charge is -2.37. The lowest BCUT2D eigenvalue weighted by atomic mass is 9.87. The van der Waals surface area contributed by atoms with Crippen LogP contribution in [-0.2, 0) is 4.79 Å². The fourth-order valence-electron chi connectivity index (χ4n) is 3.27. The molecule has 0 aromatic rings. The number of likely N-dealkylation sites (tertiary alicyclic amines) is 1. The largest absolute Gasteiger partial charge is 0.342 e. The highest BCUT2D eigenvalue weighted by Gasteiger charge is 2.29. The lowest BCUT2D eigenvalue weighted by Crippen LogP contribution is -2.45. The molecule has 0 aromatic heterocycles. The summed E-state index contributed by atoms with van der Waals surface area (Å²) in [6.07, 6.45) is 7.07. The van der Waals surface area contributed by atoms with Crippen molar-refractivity contribution in [2.45, 2.75) is 45.4 Å². The van der Waals surface area contributed by atoms with E-state index >= 15 is 0 Å². The molecule has 1 saturated heterocycles. The fourth-order valence-corrected chi connectivity index (χ4v) is 3.27. The molecule has 1 heterocycles. The number of amides is 1. The first kappa shape index (κ1) is 12.9. The maximum absolute atomic E-state index is 12.2. The molecule has 0 radical (unpaired) electrons. The van der Waals surface area contributed by atoms with Crippen molar-refractivity contribution in [3.63, 3.8) is 0 Å². The van der Waals surface area contributed by atoms with E-state index in [0.29, 0.717) is 30.2 Å². The molecule has 2 atom stereocenters. The quantitative estimate of drug-likeness (QED) is 0.817. The zero-order chi connectivity index (χ0) is 12.3. The summed E-state index contributed by atoms with van der Waals surface area (Å²) in [6, 6.07) is 0. The number of nitrogens with two attached hydrogens (primary N) is 1. The molecule has 3 heteroatoms. The summed E-state index contributed by atoms with van der Waals surface area (Å²) in [5.41, 5.74) is 5.78. The minimum Gasteiger partial charge on any atom is -0.342 e. The summed E-state index contributed by atoms with van der Waals surface area (Å²) in [6.45, 7) is 4.82. The number of rotatable bonds is 3. The van der Waals surface area contributed by atoms with Gasteiger partial charge in [-0.05, 0) is 43.6 Å². The van der Waals surface area contributed by atoms with Gasteiger partial charge >= 0.3 is 0 Å². The minimum absolute atomic E-state index is 0.377. The van der Waals surface area contributed by atoms with Crippen LogP contribution in [0.3, 0.4) is 0 Å². The maximum Gasteiger partial charge on any atom is 0.222 e. The van der Waals surface area contributed by atoms with Crippen LogP contribution in [0.2, 0.25) is 0 Å². The van der Waals surface area contributed by atoms with E-state index in [-0.39, 0.29) is 0 Å². The van der Waals surface area contributed by atoms with Crippen LogP contribution in [0.5, 0.6) is 0 Å². The highest BCUT2D eigenvalue weighted by atomic mass is 16.2. The van der Waals surface area contributed by atoms with Crippen molar-refractivity contribution in [1.82, 2.24) is 4.90 Å². The molecule has 2 unspecified atom stereocenters. The Balaban J connectivity index is 1.82. The first-order valence-corrected chi connectivity index (χ1v) is 7.18. The molecule has 0 bridgehead atoms. The average molecular weight is 238 g/mol. The van der Waals surface area contributed by atoms with E-state index in [9.17, 15) is 4.79 Å². The molecule has 17 heavy (non-hydrogen) atoms. The summed E-state index contributed by atoms with van der Waals surface area (Å²) < 4.78 is 0. The summed E-state index contributed by atoms with van der Waals surface area (Å²) >= 11 is 0. The Bertz CT molecular complexity index is 261. The average Bonchev–Trinajstić information content (AvgIpc) is 2.82. The van der Waals surface area contributed by atoms with Crippen molar-refractivity contribution in [2.75, 3.05) is 19.6 Å². The first-order chi connectivity index (χ1) is 8.20. The normalized spacial score (nSPS) is 30.8. The van der Waals surface area contributed by atoms with Gasteiger partial charge in [0, 0.05) is 19.5 Å². The third-order valence-corrected chi connectivity index (χ3v) is 4.71. The third kappa shape index (κ3) is 3.21. The first-order valence-electron chi connectivity index (χ1n) is 7.18. The Labute approximate surface area is 105 Å². The lowest BCUT2D eigenvalue weighted by molar-refractivity contribution is -0.134. The molecule has 1 aliphatic carbocycles. The fraction of sp³-hybridized carbons (Fsp3) is 0.929. The van der Waals surface area contributed by atoms with Crippen molar-refractivity contribution in [2.24, 2.45) is 23.5 Å². The van der Waals surface area contributed by atoms with E-state index in [1.807, 2.05) is 0 Å². The van der Waals surface area contributed by atoms with Crippen molar-refractivity contribution in [1.29, 1.82) is 0 Å². The van der Waals surface area contributed by atoms with Crippen LogP contribution >= 0.6 is 0 Å². The Kier molecular flexibility index (Phi) is 4.43. The van der Waals surface area contributed by atoms with Gasteiger partial charge in [-0.3, -0.25) is 4.79 Å². The Morgan fingerprint density at radius 3 is 2.65 bits per heavy atom. The molecule has 1 aliphatic heterocycles. The second-order valence-corrected chi connectivity index (χ2v) is 5.96. The summed E-state index contributed by atoms with van der Waals surface area (Å²) in [4.78, 5) is 14.3. The van der Waals surface area contributed by atoms with Crippen LogP contribution in [0, 0.1) is 17.8 Å². The SMILES string of the molecule is CC1CCN(C(=O)CC2CCCC2)CC1CN. The minimum atomic E-state index is 0.377. The maximum atomic E-state index is 12.2. The van der Waals surface area contributed by atoms with Gasteiger partial charge in [-0.25, -0.2) is 0 Å². The van der Waals surface area contributed by atoms with Gasteiger partial charge < -0.3 is 10.6 Å². The molecule has 1 amide bonds. The Morgan fingerprint density at radius 2 is 2.00 bits per heavy atom. The number of hydrogen-bond acceptors (Lipinski definition) is 2. The Morgan fingerprint density at radius 1 is 1.29 bits per heavy atom. The topological polar surface area (TPSA) is 46.3 Å². The van der Waals surface area contributed by atoms with E-state index in [1.54, 1.807) is 0 Å². The van der Waals surface area contributed by atoms with Crippen molar-refractivity contribution in [3.8, 4) is 0 Å². The monoisotopic (exact) mass is 238 g/mol. The number of piperidine rings is 1. The summed E-state index contributed by atoms with van der Waals surface area (Å²) in [5.74, 6) is 2.23. The zero-order valence-electron chi connectivity index (χ0n) is 11.0. The van der Waals surface area contributed by atoms with Gasteiger partial charge in [0.2, 0.25) is 5.91 Å². The van der Waals surface area contributed by atoms with Gasteiger partial charge in [0.25, 0.3) is 0 Å². The molecule has 0 spiro atoms. The molecule has 2 rings (SSSR count). The van der Waals surface area contributed by atoms with Crippen LogP contribution in [0.1, 0.15) is 45.4 Å². The van der Waals surface area contributed by atoms with Gasteiger partial charge in [-0.1, -0.05) is 19.8 Å². The molecular formula is C14H26N2O. The van der Waals surface area contributed by atoms with Crippen LogP contribution in [0.4, 0.5) is 0 Å². The zero-order valence-corrected chi connectivity index (χ0v) is 11.0. The summed E-state index contributed by atoms with van der Waals surface area (Å²) in [7, 11) is 0. The van der Waals surface area contributed by atoms with E-state index in [1.165, 1.54) is 25.7 Å². The van der Waals surface area contributed by atoms with Crippen LogP contribution < -0.4 is 5.73 Å². The molecule has 2 fully saturated rings. The predicted octanol–water partition coefficient (Wildman–Crippen LogP) is 2.01. The number of carbonyl (C=O) groups excluding carboxylic acids is 1. The smallest absolute Gasteiger partial charge is 0.222 e. The Hall–Kier alpha value is -0.570. The molecule has 0 aromatic carbocycles. The van der Waals surface area contributed by atoms with Gasteiger partial charge in [0.1, 0.15) is 0 Å². The van der Waals surface area contributed by atoms with E-state index in [2.05, 4.69) is 11.8 Å². The second kappa shape index (κ2) is 5.85. The predicted molar refractivity (Wildman–Crippen MR) is 69.5 cm³/mol. The van der Waals surface area contributed by atoms with Crippen LogP contribution in [0.25, 0.3) is 0 Å². The number of nitrogens with zero attached hydrogens (tertiary/aromatic N) is 1. The van der Waals surface area contributed by atoms with Crippen LogP contribution in [-0.4, -0.2) is 30.4 Å². The van der Waals surface area contributed by atoms with Gasteiger partial charge in [0.05, 0.1) is 0 Å². The molecule has 3 nitrogen and oxygen atoms in total. The standard InChI is InChI=1S/C14H26N2O/c1-11-6-7-16(10-13(11)9-15)14(17)8-12-4-2-3-5-12/h11-13H,2-10,15H2,1H3. The van der Waals surface area contributed by atoms with Gasteiger partial charge in [-0.15, -0.1) is 0 Å². The van der Waals surface area contributed by atoms with Crippen molar-refractivity contribution < 1.29 is 4.79 Å². The van der Waals surface area contributed by atoms with E-state index in [4.69, 9.17) is 5.73 Å². The van der Waals surface area contributed by atoms with E-state index < -0.39 is 0 Å². The molecule has 98 valence electrons. The third-order valence-electron chi connectivity index (χ3n) is 4.71. The van der Waals surface area contributed by atoms with E-state index in [0.717, 1.165) is 25.9 Å². The summed E-state index contributed by atoms with van der Waals surface area (Å²) in [5, 5.41) is 0. The molecule has 1 saturated carbocycles. The molecular weight excluding hydrogens is 212 g/mol. The number of hydrogen-bond donors (Lipinski definition) is 1. The number of carbonyl (C=O) groups is 1.